The maximum Gasteiger partial charge on any atom is 0.416 e. The largest absolute Gasteiger partial charge is 0.416 e. The molecule has 0 aromatic heterocycles. The SMILES string of the molecule is CCCCCc1ccc(CN(C(=O)/C=C/c2ccc(C(F)(F)F)cc2)[C@@H](Cc2ccccc2)C(=O)N2CCN(c3ccccc3C)CC2)cc1. The summed E-state index contributed by atoms with van der Waals surface area (Å²) in [5.74, 6) is -0.504. The lowest BCUT2D eigenvalue weighted by Crippen LogP contribution is -2.56. The summed E-state index contributed by atoms with van der Waals surface area (Å²) in [6, 6.07) is 30.0. The van der Waals surface area contributed by atoms with Crippen molar-refractivity contribution in [3.63, 3.8) is 0 Å². The molecule has 0 aliphatic carbocycles. The van der Waals surface area contributed by atoms with Crippen molar-refractivity contribution < 1.29 is 22.8 Å². The molecule has 1 aliphatic heterocycles. The molecule has 262 valence electrons. The smallest absolute Gasteiger partial charge is 0.368 e. The van der Waals surface area contributed by atoms with Gasteiger partial charge in [-0.25, -0.2) is 0 Å². The van der Waals surface area contributed by atoms with E-state index in [0.717, 1.165) is 54.6 Å². The number of piperazine rings is 1. The zero-order valence-corrected chi connectivity index (χ0v) is 28.9. The van der Waals surface area contributed by atoms with Gasteiger partial charge in [-0.15, -0.1) is 0 Å². The zero-order valence-electron chi connectivity index (χ0n) is 28.9. The van der Waals surface area contributed by atoms with Gasteiger partial charge in [0.15, 0.2) is 0 Å². The summed E-state index contributed by atoms with van der Waals surface area (Å²) >= 11 is 0. The van der Waals surface area contributed by atoms with E-state index in [1.807, 2.05) is 59.5 Å². The summed E-state index contributed by atoms with van der Waals surface area (Å²) in [4.78, 5) is 34.5. The predicted molar refractivity (Wildman–Crippen MR) is 195 cm³/mol. The summed E-state index contributed by atoms with van der Waals surface area (Å²) in [5.41, 5.74) is 5.10. The number of nitrogens with zero attached hydrogens (tertiary/aromatic N) is 3. The molecule has 0 spiro atoms. The number of amides is 2. The number of hydrogen-bond acceptors (Lipinski definition) is 3. The molecule has 50 heavy (non-hydrogen) atoms. The van der Waals surface area contributed by atoms with Crippen molar-refractivity contribution >= 4 is 23.6 Å². The van der Waals surface area contributed by atoms with Crippen LogP contribution in [0.4, 0.5) is 18.9 Å². The van der Waals surface area contributed by atoms with E-state index in [2.05, 4.69) is 43.0 Å². The Kier molecular flexibility index (Phi) is 12.5. The van der Waals surface area contributed by atoms with E-state index in [0.29, 0.717) is 38.2 Å². The van der Waals surface area contributed by atoms with E-state index in [4.69, 9.17) is 0 Å². The Balaban J connectivity index is 1.43. The molecule has 5 nitrogen and oxygen atoms in total. The molecule has 1 atom stereocenters. The van der Waals surface area contributed by atoms with Crippen LogP contribution < -0.4 is 4.90 Å². The molecule has 0 radical (unpaired) electrons. The van der Waals surface area contributed by atoms with Gasteiger partial charge < -0.3 is 14.7 Å². The van der Waals surface area contributed by atoms with E-state index in [1.165, 1.54) is 35.4 Å². The summed E-state index contributed by atoms with van der Waals surface area (Å²) in [6.45, 7) is 6.87. The van der Waals surface area contributed by atoms with Gasteiger partial charge in [0.1, 0.15) is 6.04 Å². The lowest BCUT2D eigenvalue weighted by atomic mass is 10.0. The number of benzene rings is 4. The number of hydrogen-bond donors (Lipinski definition) is 0. The highest BCUT2D eigenvalue weighted by atomic mass is 19.4. The third-order valence-corrected chi connectivity index (χ3v) is 9.36. The molecular weight excluding hydrogens is 635 g/mol. The van der Waals surface area contributed by atoms with Gasteiger partial charge in [0.05, 0.1) is 5.56 Å². The fourth-order valence-electron chi connectivity index (χ4n) is 6.44. The number of anilines is 1. The van der Waals surface area contributed by atoms with Gasteiger partial charge in [0, 0.05) is 50.9 Å². The topological polar surface area (TPSA) is 43.9 Å². The Morgan fingerprint density at radius 1 is 0.780 bits per heavy atom. The monoisotopic (exact) mass is 681 g/mol. The van der Waals surface area contributed by atoms with Gasteiger partial charge in [-0.1, -0.05) is 105 Å². The molecule has 1 saturated heterocycles. The average Bonchev–Trinajstić information content (AvgIpc) is 3.13. The fourth-order valence-corrected chi connectivity index (χ4v) is 6.44. The first kappa shape index (κ1) is 36.4. The number of alkyl halides is 3. The van der Waals surface area contributed by atoms with Crippen LogP contribution in [0.2, 0.25) is 0 Å². The van der Waals surface area contributed by atoms with Crippen molar-refractivity contribution in [2.45, 2.75) is 64.7 Å². The van der Waals surface area contributed by atoms with Crippen LogP contribution >= 0.6 is 0 Å². The second kappa shape index (κ2) is 17.2. The minimum absolute atomic E-state index is 0.120. The van der Waals surface area contributed by atoms with Crippen LogP contribution in [0.1, 0.15) is 59.6 Å². The van der Waals surface area contributed by atoms with Gasteiger partial charge in [0.25, 0.3) is 0 Å². The molecule has 2 amide bonds. The van der Waals surface area contributed by atoms with Crippen LogP contribution in [0.5, 0.6) is 0 Å². The van der Waals surface area contributed by atoms with Crippen molar-refractivity contribution in [2.24, 2.45) is 0 Å². The number of para-hydroxylation sites is 1. The first-order valence-corrected chi connectivity index (χ1v) is 17.5. The molecule has 0 saturated carbocycles. The summed E-state index contributed by atoms with van der Waals surface area (Å²) in [6.07, 6.45) is 3.16. The van der Waals surface area contributed by atoms with Gasteiger partial charge in [0.2, 0.25) is 11.8 Å². The van der Waals surface area contributed by atoms with Crippen LogP contribution in [0, 0.1) is 6.92 Å². The third-order valence-electron chi connectivity index (χ3n) is 9.36. The molecule has 1 heterocycles. The Morgan fingerprint density at radius 2 is 1.42 bits per heavy atom. The van der Waals surface area contributed by atoms with Gasteiger partial charge in [-0.05, 0) is 71.9 Å². The lowest BCUT2D eigenvalue weighted by molar-refractivity contribution is -0.144. The normalized spacial score (nSPS) is 14.2. The minimum atomic E-state index is -4.45. The van der Waals surface area contributed by atoms with Crippen LogP contribution in [0.25, 0.3) is 6.08 Å². The molecule has 0 bridgehead atoms. The maximum absolute atomic E-state index is 14.5. The Morgan fingerprint density at radius 3 is 2.06 bits per heavy atom. The van der Waals surface area contributed by atoms with Crippen molar-refractivity contribution in [2.75, 3.05) is 31.1 Å². The second-order valence-corrected chi connectivity index (χ2v) is 13.0. The molecule has 5 rings (SSSR count). The molecule has 8 heteroatoms. The fraction of sp³-hybridized carbons (Fsp3) is 0.333. The van der Waals surface area contributed by atoms with Gasteiger partial charge in [-0.3, -0.25) is 9.59 Å². The highest BCUT2D eigenvalue weighted by Crippen LogP contribution is 2.29. The highest BCUT2D eigenvalue weighted by Gasteiger charge is 2.34. The van der Waals surface area contributed by atoms with Crippen molar-refractivity contribution in [1.29, 1.82) is 0 Å². The Labute approximate surface area is 294 Å². The summed E-state index contributed by atoms with van der Waals surface area (Å²) in [5, 5.41) is 0. The van der Waals surface area contributed by atoms with Crippen molar-refractivity contribution in [3.8, 4) is 0 Å². The Hall–Kier alpha value is -4.85. The van der Waals surface area contributed by atoms with Crippen molar-refractivity contribution in [1.82, 2.24) is 9.80 Å². The molecule has 1 aliphatic rings. The predicted octanol–water partition coefficient (Wildman–Crippen LogP) is 8.75. The molecule has 4 aromatic rings. The molecular formula is C42H46F3N3O2. The lowest BCUT2D eigenvalue weighted by Gasteiger charge is -2.40. The molecule has 4 aromatic carbocycles. The van der Waals surface area contributed by atoms with Gasteiger partial charge in [-0.2, -0.15) is 13.2 Å². The standard InChI is InChI=1S/C42H46F3N3O2/c1-3-4-6-12-33-16-18-36(19-17-33)31-48(40(49)25-22-34-20-23-37(24-21-34)42(43,44)45)39(30-35-13-7-5-8-14-35)41(50)47-28-26-46(27-29-47)38-15-10-9-11-32(38)2/h5,7-11,13-25,39H,3-4,6,12,26-31H2,1-2H3/b25-22+/t39-/m0/s1. The van der Waals surface area contributed by atoms with E-state index in [1.54, 1.807) is 4.90 Å². The van der Waals surface area contributed by atoms with Gasteiger partial charge >= 0.3 is 6.18 Å². The average molecular weight is 682 g/mol. The number of aryl methyl sites for hydroxylation is 2. The molecule has 0 unspecified atom stereocenters. The van der Waals surface area contributed by atoms with E-state index < -0.39 is 17.8 Å². The number of halogens is 3. The summed E-state index contributed by atoms with van der Waals surface area (Å²) < 4.78 is 39.5. The van der Waals surface area contributed by atoms with E-state index in [-0.39, 0.29) is 18.4 Å². The minimum Gasteiger partial charge on any atom is -0.368 e. The van der Waals surface area contributed by atoms with Crippen LogP contribution in [0.15, 0.2) is 109 Å². The number of carbonyl (C=O) groups is 2. The zero-order chi connectivity index (χ0) is 35.5. The maximum atomic E-state index is 14.5. The molecule has 1 fully saturated rings. The van der Waals surface area contributed by atoms with E-state index >= 15 is 0 Å². The third kappa shape index (κ3) is 9.87. The van der Waals surface area contributed by atoms with Crippen LogP contribution in [0.3, 0.4) is 0 Å². The highest BCUT2D eigenvalue weighted by molar-refractivity contribution is 5.96. The van der Waals surface area contributed by atoms with Crippen molar-refractivity contribution in [3.05, 3.63) is 143 Å². The first-order valence-electron chi connectivity index (χ1n) is 17.5. The molecule has 0 N–H and O–H groups in total. The van der Waals surface area contributed by atoms with E-state index in [9.17, 15) is 22.8 Å². The summed E-state index contributed by atoms with van der Waals surface area (Å²) in [7, 11) is 0. The van der Waals surface area contributed by atoms with Crippen LogP contribution in [-0.2, 0) is 35.2 Å². The number of carbonyl (C=O) groups excluding carboxylic acids is 2. The van der Waals surface area contributed by atoms with Crippen LogP contribution in [-0.4, -0.2) is 53.8 Å². The number of unbranched alkanes of at least 4 members (excludes halogenated alkanes) is 2. The quantitative estimate of drug-likeness (QED) is 0.105. The second-order valence-electron chi connectivity index (χ2n) is 13.0. The first-order chi connectivity index (χ1) is 24.1. The Bertz CT molecular complexity index is 1710. The number of rotatable bonds is 13.